The van der Waals surface area contributed by atoms with Gasteiger partial charge in [0.2, 0.25) is 6.33 Å². The average molecular weight is 299 g/mol. The van der Waals surface area contributed by atoms with Crippen LogP contribution in [0.5, 0.6) is 0 Å². The maximum absolute atomic E-state index is 5.89. The van der Waals surface area contributed by atoms with Crippen molar-refractivity contribution in [3.8, 4) is 0 Å². The van der Waals surface area contributed by atoms with E-state index in [1.807, 2.05) is 47.7 Å². The summed E-state index contributed by atoms with van der Waals surface area (Å²) in [4.78, 5) is 0. The van der Waals surface area contributed by atoms with Crippen LogP contribution in [0, 0.1) is 0 Å². The lowest BCUT2D eigenvalue weighted by Crippen LogP contribution is -2.32. The van der Waals surface area contributed by atoms with Gasteiger partial charge >= 0.3 is 0 Å². The van der Waals surface area contributed by atoms with Crippen molar-refractivity contribution in [1.82, 2.24) is 9.78 Å². The van der Waals surface area contributed by atoms with E-state index in [-0.39, 0.29) is 0 Å². The second kappa shape index (κ2) is 6.55. The van der Waals surface area contributed by atoms with Gasteiger partial charge in [-0.05, 0) is 23.3 Å². The van der Waals surface area contributed by atoms with Gasteiger partial charge in [-0.3, -0.25) is 0 Å². The second-order valence-electron chi connectivity index (χ2n) is 5.04. The molecule has 0 aliphatic rings. The van der Waals surface area contributed by atoms with Gasteiger partial charge in [-0.1, -0.05) is 54.1 Å². The van der Waals surface area contributed by atoms with Gasteiger partial charge in [0.1, 0.15) is 6.54 Å². The van der Waals surface area contributed by atoms with E-state index < -0.39 is 0 Å². The Morgan fingerprint density at radius 1 is 0.952 bits per heavy atom. The average Bonchev–Trinajstić information content (AvgIpc) is 2.96. The van der Waals surface area contributed by atoms with E-state index in [1.54, 1.807) is 0 Å². The van der Waals surface area contributed by atoms with Crippen LogP contribution in [-0.4, -0.2) is 9.78 Å². The largest absolute Gasteiger partial charge is 0.265 e. The van der Waals surface area contributed by atoms with E-state index in [0.717, 1.165) is 24.5 Å². The number of aromatic nitrogens is 3. The van der Waals surface area contributed by atoms with Crippen LogP contribution in [0.4, 0.5) is 0 Å². The molecule has 2 aromatic carbocycles. The van der Waals surface area contributed by atoms with E-state index in [2.05, 4.69) is 33.9 Å². The molecule has 0 saturated heterocycles. The first-order chi connectivity index (χ1) is 10.3. The molecule has 0 aliphatic carbocycles. The predicted molar refractivity (Wildman–Crippen MR) is 83.1 cm³/mol. The van der Waals surface area contributed by atoms with Crippen molar-refractivity contribution < 1.29 is 4.57 Å². The Labute approximate surface area is 129 Å². The van der Waals surface area contributed by atoms with Crippen LogP contribution in [-0.2, 0) is 19.5 Å². The van der Waals surface area contributed by atoms with Crippen molar-refractivity contribution in [2.45, 2.75) is 19.5 Å². The molecule has 0 atom stereocenters. The number of halogens is 1. The summed E-state index contributed by atoms with van der Waals surface area (Å²) in [7, 11) is 0. The zero-order valence-electron chi connectivity index (χ0n) is 11.7. The van der Waals surface area contributed by atoms with Gasteiger partial charge in [0.25, 0.3) is 6.33 Å². The van der Waals surface area contributed by atoms with Crippen LogP contribution >= 0.6 is 11.6 Å². The van der Waals surface area contributed by atoms with Crippen molar-refractivity contribution in [3.63, 3.8) is 0 Å². The molecule has 0 aliphatic heterocycles. The van der Waals surface area contributed by atoms with E-state index in [1.165, 1.54) is 11.1 Å². The topological polar surface area (TPSA) is 21.7 Å². The second-order valence-corrected chi connectivity index (χ2v) is 5.48. The fraction of sp³-hybridized carbons (Fsp3) is 0.176. The lowest BCUT2D eigenvalue weighted by molar-refractivity contribution is -0.697. The number of benzene rings is 2. The van der Waals surface area contributed by atoms with Gasteiger partial charge in [0.05, 0.1) is 6.54 Å². The Morgan fingerprint density at radius 3 is 2.48 bits per heavy atom. The lowest BCUT2D eigenvalue weighted by Gasteiger charge is -1.98. The summed E-state index contributed by atoms with van der Waals surface area (Å²) in [6.45, 7) is 1.69. The summed E-state index contributed by atoms with van der Waals surface area (Å²) in [5.41, 5.74) is 2.54. The SMILES string of the molecule is Clc1ccc(Cn2c[n+](CCc3ccccc3)cn2)cc1. The summed E-state index contributed by atoms with van der Waals surface area (Å²) in [6, 6.07) is 18.4. The molecule has 4 heteroatoms. The van der Waals surface area contributed by atoms with E-state index in [9.17, 15) is 0 Å². The highest BCUT2D eigenvalue weighted by molar-refractivity contribution is 6.30. The Balaban J connectivity index is 1.59. The van der Waals surface area contributed by atoms with Crippen molar-refractivity contribution in [2.75, 3.05) is 0 Å². The molecule has 0 fully saturated rings. The molecule has 0 amide bonds. The molecular formula is C17H17ClN3+. The molecular weight excluding hydrogens is 282 g/mol. The maximum Gasteiger partial charge on any atom is 0.265 e. The highest BCUT2D eigenvalue weighted by Gasteiger charge is 2.06. The molecule has 3 rings (SSSR count). The summed E-state index contributed by atoms with van der Waals surface area (Å²) in [6.07, 6.45) is 4.93. The lowest BCUT2D eigenvalue weighted by atomic mass is 10.1. The van der Waals surface area contributed by atoms with Crippen LogP contribution in [0.2, 0.25) is 5.02 Å². The maximum atomic E-state index is 5.89. The fourth-order valence-electron chi connectivity index (χ4n) is 2.24. The highest BCUT2D eigenvalue weighted by atomic mass is 35.5. The molecule has 0 saturated carbocycles. The van der Waals surface area contributed by atoms with Gasteiger partial charge in [0, 0.05) is 16.5 Å². The minimum Gasteiger partial charge on any atom is -0.237 e. The normalized spacial score (nSPS) is 10.7. The Morgan fingerprint density at radius 2 is 1.71 bits per heavy atom. The Bertz CT molecular complexity index is 690. The molecule has 0 N–H and O–H groups in total. The molecule has 0 unspecified atom stereocenters. The number of nitrogens with zero attached hydrogens (tertiary/aromatic N) is 3. The number of hydrogen-bond donors (Lipinski definition) is 0. The Kier molecular flexibility index (Phi) is 4.31. The standard InChI is InChI=1S/C17H17ClN3/c18-17-8-6-16(7-9-17)12-21-14-20(13-19-21)11-10-15-4-2-1-3-5-15/h1-9,13-14H,10-12H2/q+1. The molecule has 0 spiro atoms. The first kappa shape index (κ1) is 13.8. The zero-order chi connectivity index (χ0) is 14.5. The molecule has 3 aromatic rings. The first-order valence-electron chi connectivity index (χ1n) is 6.99. The van der Waals surface area contributed by atoms with Crippen LogP contribution in [0.15, 0.2) is 67.3 Å². The third kappa shape index (κ3) is 3.92. The van der Waals surface area contributed by atoms with Crippen molar-refractivity contribution in [2.24, 2.45) is 0 Å². The predicted octanol–water partition coefficient (Wildman–Crippen LogP) is 3.12. The van der Waals surface area contributed by atoms with E-state index in [0.29, 0.717) is 0 Å². The van der Waals surface area contributed by atoms with Gasteiger partial charge in [-0.25, -0.2) is 4.57 Å². The smallest absolute Gasteiger partial charge is 0.237 e. The molecule has 0 radical (unpaired) electrons. The highest BCUT2D eigenvalue weighted by Crippen LogP contribution is 2.10. The summed E-state index contributed by atoms with van der Waals surface area (Å²) < 4.78 is 4.05. The third-order valence-electron chi connectivity index (χ3n) is 3.39. The molecule has 1 heterocycles. The Hall–Kier alpha value is -2.13. The third-order valence-corrected chi connectivity index (χ3v) is 3.64. The van der Waals surface area contributed by atoms with Crippen LogP contribution in [0.3, 0.4) is 0 Å². The van der Waals surface area contributed by atoms with E-state index >= 15 is 0 Å². The minimum atomic E-state index is 0.759. The molecule has 3 nitrogen and oxygen atoms in total. The molecule has 21 heavy (non-hydrogen) atoms. The van der Waals surface area contributed by atoms with Crippen molar-refractivity contribution in [1.29, 1.82) is 0 Å². The van der Waals surface area contributed by atoms with Crippen LogP contribution < -0.4 is 4.57 Å². The number of hydrogen-bond acceptors (Lipinski definition) is 1. The van der Waals surface area contributed by atoms with Crippen molar-refractivity contribution in [3.05, 3.63) is 83.4 Å². The first-order valence-corrected chi connectivity index (χ1v) is 7.37. The van der Waals surface area contributed by atoms with Gasteiger partial charge in [-0.2, -0.15) is 0 Å². The fourth-order valence-corrected chi connectivity index (χ4v) is 2.37. The van der Waals surface area contributed by atoms with Gasteiger partial charge in [0.15, 0.2) is 0 Å². The zero-order valence-corrected chi connectivity index (χ0v) is 12.4. The monoisotopic (exact) mass is 298 g/mol. The van der Waals surface area contributed by atoms with Gasteiger partial charge in [-0.15, -0.1) is 4.68 Å². The van der Waals surface area contributed by atoms with E-state index in [4.69, 9.17) is 11.6 Å². The van der Waals surface area contributed by atoms with Gasteiger partial charge < -0.3 is 0 Å². The summed E-state index contributed by atoms with van der Waals surface area (Å²) in [5, 5.41) is 5.15. The summed E-state index contributed by atoms with van der Waals surface area (Å²) >= 11 is 5.89. The van der Waals surface area contributed by atoms with Crippen molar-refractivity contribution >= 4 is 11.6 Å². The molecule has 0 bridgehead atoms. The molecule has 1 aromatic heterocycles. The minimum absolute atomic E-state index is 0.759. The van der Waals surface area contributed by atoms with Crippen LogP contribution in [0.1, 0.15) is 11.1 Å². The summed E-state index contributed by atoms with van der Waals surface area (Å²) in [5.74, 6) is 0. The number of rotatable bonds is 5. The molecule has 106 valence electrons. The quantitative estimate of drug-likeness (QED) is 0.663. The number of aryl methyl sites for hydroxylation is 2. The van der Waals surface area contributed by atoms with Crippen LogP contribution in [0.25, 0.3) is 0 Å².